The van der Waals surface area contributed by atoms with Gasteiger partial charge in [-0.15, -0.1) is 11.6 Å². The molecule has 1 rings (SSSR count). The minimum Gasteiger partial charge on any atom is -0.399 e. The quantitative estimate of drug-likeness (QED) is 0.637. The van der Waals surface area contributed by atoms with Crippen molar-refractivity contribution in [2.75, 3.05) is 11.6 Å². The zero-order valence-electron chi connectivity index (χ0n) is 8.39. The van der Waals surface area contributed by atoms with Crippen LogP contribution in [-0.4, -0.2) is 5.88 Å². The number of alkyl halides is 4. The van der Waals surface area contributed by atoms with Crippen LogP contribution in [0.4, 0.5) is 18.9 Å². The Morgan fingerprint density at radius 2 is 2.00 bits per heavy atom. The summed E-state index contributed by atoms with van der Waals surface area (Å²) in [6.45, 7) is 0. The molecule has 1 aromatic carbocycles. The maximum atomic E-state index is 12.6. The molecular formula is C11H11ClF3N. The van der Waals surface area contributed by atoms with Crippen LogP contribution in [-0.2, 0) is 6.18 Å². The first kappa shape index (κ1) is 12.9. The van der Waals surface area contributed by atoms with Gasteiger partial charge in [0, 0.05) is 11.6 Å². The Morgan fingerprint density at radius 3 is 2.56 bits per heavy atom. The molecular weight excluding hydrogens is 239 g/mol. The van der Waals surface area contributed by atoms with Crippen LogP contribution < -0.4 is 5.73 Å². The molecule has 2 N–H and O–H groups in total. The summed E-state index contributed by atoms with van der Waals surface area (Å²) in [6.07, 6.45) is -0.861. The lowest BCUT2D eigenvalue weighted by Gasteiger charge is -2.10. The lowest BCUT2D eigenvalue weighted by Crippen LogP contribution is -2.07. The van der Waals surface area contributed by atoms with Gasteiger partial charge >= 0.3 is 6.18 Å². The van der Waals surface area contributed by atoms with Gasteiger partial charge in [0.15, 0.2) is 0 Å². The van der Waals surface area contributed by atoms with Crippen molar-refractivity contribution >= 4 is 23.4 Å². The number of benzene rings is 1. The second kappa shape index (κ2) is 5.25. The van der Waals surface area contributed by atoms with Gasteiger partial charge in [-0.05, 0) is 30.2 Å². The summed E-state index contributed by atoms with van der Waals surface area (Å²) in [5, 5.41) is 0. The fourth-order valence-electron chi connectivity index (χ4n) is 1.25. The van der Waals surface area contributed by atoms with Crippen molar-refractivity contribution in [2.45, 2.75) is 12.6 Å². The fourth-order valence-corrected chi connectivity index (χ4v) is 1.38. The molecule has 5 heteroatoms. The Labute approximate surface area is 96.7 Å². The summed E-state index contributed by atoms with van der Waals surface area (Å²) in [5.74, 6) is 0.375. The number of rotatable bonds is 3. The molecule has 0 aliphatic rings. The van der Waals surface area contributed by atoms with Gasteiger partial charge in [-0.3, -0.25) is 0 Å². The van der Waals surface area contributed by atoms with Gasteiger partial charge < -0.3 is 5.73 Å². The van der Waals surface area contributed by atoms with Crippen LogP contribution in [0.5, 0.6) is 0 Å². The van der Waals surface area contributed by atoms with Gasteiger partial charge in [-0.25, -0.2) is 0 Å². The number of nitrogens with two attached hydrogens (primary N) is 1. The second-order valence-electron chi connectivity index (χ2n) is 3.22. The SMILES string of the molecule is Nc1ccc(C(F)(F)F)c(C=CCCCl)c1. The molecule has 0 radical (unpaired) electrons. The van der Waals surface area contributed by atoms with Gasteiger partial charge in [0.1, 0.15) is 0 Å². The summed E-state index contributed by atoms with van der Waals surface area (Å²) in [6, 6.07) is 3.52. The summed E-state index contributed by atoms with van der Waals surface area (Å²) >= 11 is 5.43. The van der Waals surface area contributed by atoms with E-state index in [2.05, 4.69) is 0 Å². The third kappa shape index (κ3) is 3.45. The molecule has 1 aromatic rings. The summed E-state index contributed by atoms with van der Waals surface area (Å²) in [5.41, 5.74) is 5.13. The first-order valence-electron chi connectivity index (χ1n) is 4.64. The Morgan fingerprint density at radius 1 is 1.31 bits per heavy atom. The largest absolute Gasteiger partial charge is 0.416 e. The topological polar surface area (TPSA) is 26.0 Å². The molecule has 0 spiro atoms. The zero-order valence-corrected chi connectivity index (χ0v) is 9.15. The van der Waals surface area contributed by atoms with Crippen molar-refractivity contribution < 1.29 is 13.2 Å². The number of hydrogen-bond acceptors (Lipinski definition) is 1. The van der Waals surface area contributed by atoms with Gasteiger partial charge in [0.25, 0.3) is 0 Å². The standard InChI is InChI=1S/C11H11ClF3N/c12-6-2-1-3-8-7-9(16)4-5-10(8)11(13,14)15/h1,3-5,7H,2,6,16H2. The van der Waals surface area contributed by atoms with Crippen LogP contribution in [0.2, 0.25) is 0 Å². The van der Waals surface area contributed by atoms with Crippen molar-refractivity contribution in [3.05, 3.63) is 35.4 Å². The first-order chi connectivity index (χ1) is 7.45. The molecule has 0 saturated heterocycles. The summed E-state index contributed by atoms with van der Waals surface area (Å²) in [7, 11) is 0. The highest BCUT2D eigenvalue weighted by atomic mass is 35.5. The van der Waals surface area contributed by atoms with Crippen molar-refractivity contribution in [3.63, 3.8) is 0 Å². The minimum absolute atomic E-state index is 0.0672. The van der Waals surface area contributed by atoms with Crippen LogP contribution in [0.15, 0.2) is 24.3 Å². The molecule has 0 aliphatic carbocycles. The predicted octanol–water partition coefficient (Wildman–Crippen LogP) is 3.93. The van der Waals surface area contributed by atoms with Crippen molar-refractivity contribution in [3.8, 4) is 0 Å². The normalized spacial score (nSPS) is 12.2. The van der Waals surface area contributed by atoms with E-state index < -0.39 is 11.7 Å². The lowest BCUT2D eigenvalue weighted by molar-refractivity contribution is -0.137. The number of halogens is 4. The van der Waals surface area contributed by atoms with Crippen LogP contribution in [0, 0.1) is 0 Å². The van der Waals surface area contributed by atoms with Crippen LogP contribution in [0.1, 0.15) is 17.5 Å². The molecule has 0 aliphatic heterocycles. The molecule has 0 saturated carbocycles. The van der Waals surface area contributed by atoms with E-state index in [1.54, 1.807) is 6.08 Å². The molecule has 0 atom stereocenters. The predicted molar refractivity (Wildman–Crippen MR) is 60.2 cm³/mol. The van der Waals surface area contributed by atoms with E-state index in [9.17, 15) is 13.2 Å². The molecule has 1 nitrogen and oxygen atoms in total. The molecule has 88 valence electrons. The molecule has 0 heterocycles. The van der Waals surface area contributed by atoms with E-state index in [1.165, 1.54) is 18.2 Å². The smallest absolute Gasteiger partial charge is 0.399 e. The molecule has 0 amide bonds. The number of anilines is 1. The summed E-state index contributed by atoms with van der Waals surface area (Å²) < 4.78 is 37.8. The summed E-state index contributed by atoms with van der Waals surface area (Å²) in [4.78, 5) is 0. The number of nitrogen functional groups attached to an aromatic ring is 1. The van der Waals surface area contributed by atoms with E-state index in [0.717, 1.165) is 6.07 Å². The average molecular weight is 250 g/mol. The maximum Gasteiger partial charge on any atom is 0.416 e. The molecule has 0 fully saturated rings. The Kier molecular flexibility index (Phi) is 4.24. The average Bonchev–Trinajstić information content (AvgIpc) is 2.16. The van der Waals surface area contributed by atoms with Crippen molar-refractivity contribution in [2.24, 2.45) is 0 Å². The number of hydrogen-bond donors (Lipinski definition) is 1. The van der Waals surface area contributed by atoms with Crippen LogP contribution >= 0.6 is 11.6 Å². The zero-order chi connectivity index (χ0) is 12.2. The highest BCUT2D eigenvalue weighted by Crippen LogP contribution is 2.33. The molecule has 16 heavy (non-hydrogen) atoms. The van der Waals surface area contributed by atoms with E-state index in [-0.39, 0.29) is 5.56 Å². The van der Waals surface area contributed by atoms with Gasteiger partial charge in [0.05, 0.1) is 5.56 Å². The molecule has 0 aromatic heterocycles. The third-order valence-corrected chi connectivity index (χ3v) is 2.17. The molecule has 0 bridgehead atoms. The second-order valence-corrected chi connectivity index (χ2v) is 3.60. The van der Waals surface area contributed by atoms with Crippen molar-refractivity contribution in [1.82, 2.24) is 0 Å². The lowest BCUT2D eigenvalue weighted by atomic mass is 10.1. The van der Waals surface area contributed by atoms with E-state index >= 15 is 0 Å². The highest BCUT2D eigenvalue weighted by molar-refractivity contribution is 6.17. The first-order valence-corrected chi connectivity index (χ1v) is 5.18. The van der Waals surface area contributed by atoms with E-state index in [0.29, 0.717) is 18.0 Å². The Balaban J connectivity index is 3.09. The third-order valence-electron chi connectivity index (χ3n) is 1.95. The fraction of sp³-hybridized carbons (Fsp3) is 0.273. The monoisotopic (exact) mass is 249 g/mol. The maximum absolute atomic E-state index is 12.6. The Bertz CT molecular complexity index is 385. The van der Waals surface area contributed by atoms with Gasteiger partial charge in [-0.1, -0.05) is 12.2 Å². The van der Waals surface area contributed by atoms with Gasteiger partial charge in [-0.2, -0.15) is 13.2 Å². The van der Waals surface area contributed by atoms with Crippen LogP contribution in [0.3, 0.4) is 0 Å². The highest BCUT2D eigenvalue weighted by Gasteiger charge is 2.32. The van der Waals surface area contributed by atoms with E-state index in [4.69, 9.17) is 17.3 Å². The minimum atomic E-state index is -4.37. The van der Waals surface area contributed by atoms with Crippen molar-refractivity contribution in [1.29, 1.82) is 0 Å². The Hall–Kier alpha value is -1.16. The van der Waals surface area contributed by atoms with E-state index in [1.807, 2.05) is 0 Å². The van der Waals surface area contributed by atoms with Crippen LogP contribution in [0.25, 0.3) is 6.08 Å². The van der Waals surface area contributed by atoms with Gasteiger partial charge in [0.2, 0.25) is 0 Å². The molecule has 0 unspecified atom stereocenters. The number of allylic oxidation sites excluding steroid dienone is 1.